The zero-order chi connectivity index (χ0) is 18.3. The van der Waals surface area contributed by atoms with Gasteiger partial charge in [0, 0.05) is 37.3 Å². The summed E-state index contributed by atoms with van der Waals surface area (Å²) in [7, 11) is 0. The number of ether oxygens (including phenoxy) is 1. The fourth-order valence-electron chi connectivity index (χ4n) is 4.08. The minimum absolute atomic E-state index is 0.118. The van der Waals surface area contributed by atoms with E-state index in [1.165, 1.54) is 25.0 Å². The highest BCUT2D eigenvalue weighted by Gasteiger charge is 2.55. The molecule has 3 heteroatoms. The molecule has 0 bridgehead atoms. The van der Waals surface area contributed by atoms with Crippen LogP contribution >= 0.6 is 0 Å². The van der Waals surface area contributed by atoms with Gasteiger partial charge < -0.3 is 9.84 Å². The fraction of sp³-hybridized carbons (Fsp3) is 0.952. The van der Waals surface area contributed by atoms with Crippen LogP contribution in [0.2, 0.25) is 0 Å². The van der Waals surface area contributed by atoms with Crippen LogP contribution in [0.5, 0.6) is 0 Å². The summed E-state index contributed by atoms with van der Waals surface area (Å²) in [4.78, 5) is 4.91. The van der Waals surface area contributed by atoms with Crippen LogP contribution in [0.15, 0.2) is 4.99 Å². The third-order valence-electron chi connectivity index (χ3n) is 6.82. The lowest BCUT2D eigenvalue weighted by molar-refractivity contribution is -0.171. The Kier molecular flexibility index (Phi) is 8.41. The molecular formula is C21H41NO2. The van der Waals surface area contributed by atoms with E-state index < -0.39 is 0 Å². The molecule has 2 unspecified atom stereocenters. The number of hydrogen-bond acceptors (Lipinski definition) is 3. The van der Waals surface area contributed by atoms with Crippen molar-refractivity contribution in [3.8, 4) is 0 Å². The van der Waals surface area contributed by atoms with Crippen molar-refractivity contribution in [3.05, 3.63) is 0 Å². The van der Waals surface area contributed by atoms with Gasteiger partial charge >= 0.3 is 0 Å². The van der Waals surface area contributed by atoms with Gasteiger partial charge in [-0.15, -0.1) is 0 Å². The predicted octanol–water partition coefficient (Wildman–Crippen LogP) is 5.40. The van der Waals surface area contributed by atoms with Gasteiger partial charge in [-0.2, -0.15) is 0 Å². The van der Waals surface area contributed by atoms with Crippen LogP contribution in [-0.4, -0.2) is 36.2 Å². The van der Waals surface area contributed by atoms with Gasteiger partial charge in [0.15, 0.2) is 0 Å². The standard InChI is InChI=1S/C21H41NO2/c1-7-9-10-14-22-18-12-13-20(5,19(3,4)8-2)21(6,17-18)24-16-11-15-23/h23H,7-17H2,1-6H3. The SMILES string of the molecule is CCCCCN=C1CCC(C)(C(C)(C)CC)C(C)(OCCCO)C1. The van der Waals surface area contributed by atoms with Crippen LogP contribution in [0.3, 0.4) is 0 Å². The van der Waals surface area contributed by atoms with Crippen LogP contribution in [0.4, 0.5) is 0 Å². The van der Waals surface area contributed by atoms with Gasteiger partial charge in [0.2, 0.25) is 0 Å². The molecule has 142 valence electrons. The number of unbranched alkanes of at least 4 members (excludes halogenated alkanes) is 2. The summed E-state index contributed by atoms with van der Waals surface area (Å²) in [5, 5.41) is 9.13. The first kappa shape index (κ1) is 21.6. The third kappa shape index (κ3) is 4.82. The second-order valence-electron chi connectivity index (χ2n) is 8.56. The van der Waals surface area contributed by atoms with E-state index in [2.05, 4.69) is 41.5 Å². The predicted molar refractivity (Wildman–Crippen MR) is 104 cm³/mol. The highest BCUT2D eigenvalue weighted by Crippen LogP contribution is 2.57. The molecule has 0 aromatic heterocycles. The summed E-state index contributed by atoms with van der Waals surface area (Å²) in [5.41, 5.74) is 1.46. The van der Waals surface area contributed by atoms with Crippen molar-refractivity contribution in [1.29, 1.82) is 0 Å². The summed E-state index contributed by atoms with van der Waals surface area (Å²) in [6.07, 6.45) is 8.73. The molecule has 1 aliphatic rings. The number of aliphatic hydroxyl groups excluding tert-OH is 1. The zero-order valence-corrected chi connectivity index (χ0v) is 17.1. The van der Waals surface area contributed by atoms with Gasteiger partial charge in [-0.05, 0) is 38.0 Å². The topological polar surface area (TPSA) is 41.8 Å². The first-order chi connectivity index (χ1) is 11.3. The van der Waals surface area contributed by atoms with E-state index in [1.807, 2.05) is 0 Å². The Hall–Kier alpha value is -0.410. The largest absolute Gasteiger partial charge is 0.396 e. The Morgan fingerprint density at radius 1 is 1.17 bits per heavy atom. The van der Waals surface area contributed by atoms with Gasteiger partial charge in [0.1, 0.15) is 0 Å². The Morgan fingerprint density at radius 3 is 2.46 bits per heavy atom. The van der Waals surface area contributed by atoms with Gasteiger partial charge in [0.25, 0.3) is 0 Å². The molecule has 0 spiro atoms. The Labute approximate surface area is 150 Å². The Bertz CT molecular complexity index is 405. The quantitative estimate of drug-likeness (QED) is 0.541. The number of hydrogen-bond donors (Lipinski definition) is 1. The maximum Gasteiger partial charge on any atom is 0.0764 e. The van der Waals surface area contributed by atoms with Crippen LogP contribution in [0.1, 0.15) is 92.9 Å². The fourth-order valence-corrected chi connectivity index (χ4v) is 4.08. The molecule has 0 radical (unpaired) electrons. The molecule has 0 saturated heterocycles. The van der Waals surface area contributed by atoms with Crippen LogP contribution in [0, 0.1) is 10.8 Å². The van der Waals surface area contributed by atoms with Gasteiger partial charge in [-0.1, -0.05) is 53.9 Å². The van der Waals surface area contributed by atoms with E-state index in [0.29, 0.717) is 13.0 Å². The Morgan fingerprint density at radius 2 is 1.88 bits per heavy atom. The molecule has 0 heterocycles. The van der Waals surface area contributed by atoms with Crippen LogP contribution < -0.4 is 0 Å². The van der Waals surface area contributed by atoms with E-state index in [4.69, 9.17) is 14.8 Å². The van der Waals surface area contributed by atoms with Crippen molar-refractivity contribution in [2.24, 2.45) is 15.8 Å². The van der Waals surface area contributed by atoms with Crippen molar-refractivity contribution in [2.45, 2.75) is 98.5 Å². The first-order valence-corrected chi connectivity index (χ1v) is 10.0. The molecule has 0 aliphatic heterocycles. The average molecular weight is 340 g/mol. The molecule has 1 saturated carbocycles. The summed E-state index contributed by atoms with van der Waals surface area (Å²) in [6.45, 7) is 15.8. The minimum Gasteiger partial charge on any atom is -0.396 e. The second kappa shape index (κ2) is 9.33. The number of nitrogens with zero attached hydrogens (tertiary/aromatic N) is 1. The second-order valence-corrected chi connectivity index (χ2v) is 8.56. The average Bonchev–Trinajstić information content (AvgIpc) is 2.55. The molecule has 1 N–H and O–H groups in total. The summed E-state index contributed by atoms with van der Waals surface area (Å²) in [6, 6.07) is 0. The molecule has 0 aromatic rings. The number of aliphatic imine (C=N–C) groups is 1. The maximum absolute atomic E-state index is 9.13. The normalized spacial score (nSPS) is 30.0. The number of rotatable bonds is 10. The monoisotopic (exact) mass is 339 g/mol. The highest BCUT2D eigenvalue weighted by atomic mass is 16.5. The van der Waals surface area contributed by atoms with Gasteiger partial charge in [0.05, 0.1) is 5.60 Å². The van der Waals surface area contributed by atoms with E-state index in [9.17, 15) is 0 Å². The summed E-state index contributed by atoms with van der Waals surface area (Å²) in [5.74, 6) is 0. The van der Waals surface area contributed by atoms with E-state index >= 15 is 0 Å². The summed E-state index contributed by atoms with van der Waals surface area (Å²) < 4.78 is 6.43. The molecule has 1 aliphatic carbocycles. The molecule has 0 aromatic carbocycles. The van der Waals surface area contributed by atoms with E-state index in [0.717, 1.165) is 32.2 Å². The lowest BCUT2D eigenvalue weighted by Gasteiger charge is -2.58. The third-order valence-corrected chi connectivity index (χ3v) is 6.82. The lowest BCUT2D eigenvalue weighted by atomic mass is 9.51. The first-order valence-electron chi connectivity index (χ1n) is 10.0. The molecule has 3 nitrogen and oxygen atoms in total. The molecule has 1 fully saturated rings. The molecule has 24 heavy (non-hydrogen) atoms. The van der Waals surface area contributed by atoms with Crippen molar-refractivity contribution >= 4 is 5.71 Å². The molecule has 2 atom stereocenters. The van der Waals surface area contributed by atoms with Crippen molar-refractivity contribution in [3.63, 3.8) is 0 Å². The number of aliphatic hydroxyl groups is 1. The Balaban J connectivity index is 2.94. The van der Waals surface area contributed by atoms with E-state index in [1.54, 1.807) is 0 Å². The lowest BCUT2D eigenvalue weighted by Crippen LogP contribution is -2.58. The highest BCUT2D eigenvalue weighted by molar-refractivity contribution is 5.86. The van der Waals surface area contributed by atoms with E-state index in [-0.39, 0.29) is 23.0 Å². The molecular weight excluding hydrogens is 298 g/mol. The van der Waals surface area contributed by atoms with Gasteiger partial charge in [-0.25, -0.2) is 0 Å². The molecule has 1 rings (SSSR count). The zero-order valence-electron chi connectivity index (χ0n) is 17.1. The maximum atomic E-state index is 9.13. The smallest absolute Gasteiger partial charge is 0.0764 e. The van der Waals surface area contributed by atoms with Crippen LogP contribution in [-0.2, 0) is 4.74 Å². The minimum atomic E-state index is -0.205. The van der Waals surface area contributed by atoms with Crippen molar-refractivity contribution in [1.82, 2.24) is 0 Å². The van der Waals surface area contributed by atoms with Crippen molar-refractivity contribution in [2.75, 3.05) is 19.8 Å². The summed E-state index contributed by atoms with van der Waals surface area (Å²) >= 11 is 0. The van der Waals surface area contributed by atoms with Crippen LogP contribution in [0.25, 0.3) is 0 Å². The molecule has 0 amide bonds. The van der Waals surface area contributed by atoms with Crippen molar-refractivity contribution < 1.29 is 9.84 Å². The van der Waals surface area contributed by atoms with Gasteiger partial charge in [-0.3, -0.25) is 4.99 Å².